The van der Waals surface area contributed by atoms with Gasteiger partial charge in [0.2, 0.25) is 5.91 Å². The van der Waals surface area contributed by atoms with E-state index in [-0.39, 0.29) is 12.0 Å². The largest absolute Gasteiger partial charge is 0.399 e. The molecule has 0 saturated heterocycles. The molecule has 1 aromatic carbocycles. The van der Waals surface area contributed by atoms with Crippen LogP contribution < -0.4 is 11.1 Å². The maximum atomic E-state index is 11.7. The molecule has 0 aliphatic carbocycles. The first kappa shape index (κ1) is 14.0. The third-order valence-electron chi connectivity index (χ3n) is 2.62. The lowest BCUT2D eigenvalue weighted by molar-refractivity contribution is -0.116. The second-order valence-corrected chi connectivity index (χ2v) is 4.05. The highest BCUT2D eigenvalue weighted by atomic mass is 16.5. The van der Waals surface area contributed by atoms with Gasteiger partial charge in [0.1, 0.15) is 6.07 Å². The number of methoxy groups -OCH3 is 1. The van der Waals surface area contributed by atoms with Crippen LogP contribution in [0.1, 0.15) is 25.3 Å². The summed E-state index contributed by atoms with van der Waals surface area (Å²) in [5, 5.41) is 11.6. The molecule has 1 amide bonds. The Bertz CT molecular complexity index is 466. The van der Waals surface area contributed by atoms with Crippen molar-refractivity contribution in [3.05, 3.63) is 23.8 Å². The Labute approximate surface area is 107 Å². The molecule has 0 bridgehead atoms. The number of nitrogens with one attached hydrogen (secondary N) is 1. The number of nitrogens with two attached hydrogens (primary N) is 1. The van der Waals surface area contributed by atoms with Gasteiger partial charge in [-0.3, -0.25) is 4.79 Å². The summed E-state index contributed by atoms with van der Waals surface area (Å²) in [6, 6.07) is 6.81. The van der Waals surface area contributed by atoms with Gasteiger partial charge in [-0.15, -0.1) is 0 Å². The van der Waals surface area contributed by atoms with Gasteiger partial charge in [0, 0.05) is 19.2 Å². The summed E-state index contributed by atoms with van der Waals surface area (Å²) >= 11 is 0. The second-order valence-electron chi connectivity index (χ2n) is 4.05. The van der Waals surface area contributed by atoms with Crippen molar-refractivity contribution in [2.45, 2.75) is 25.9 Å². The topological polar surface area (TPSA) is 88.1 Å². The summed E-state index contributed by atoms with van der Waals surface area (Å²) in [6.45, 7) is 1.90. The molecule has 0 saturated carbocycles. The standard InChI is InChI=1S/C13H17N3O2/c1-9(18-2)3-6-13(17)16-12-5-4-11(15)7-10(12)8-14/h4-5,7,9H,3,6,15H2,1-2H3,(H,16,17). The molecule has 0 spiro atoms. The van der Waals surface area contributed by atoms with Gasteiger partial charge in [0.15, 0.2) is 0 Å². The number of ether oxygens (including phenoxy) is 1. The van der Waals surface area contributed by atoms with Crippen LogP contribution in [0.2, 0.25) is 0 Å². The van der Waals surface area contributed by atoms with Crippen molar-refractivity contribution < 1.29 is 9.53 Å². The van der Waals surface area contributed by atoms with Crippen LogP contribution in [0, 0.1) is 11.3 Å². The molecule has 5 nitrogen and oxygen atoms in total. The van der Waals surface area contributed by atoms with Gasteiger partial charge < -0.3 is 15.8 Å². The minimum Gasteiger partial charge on any atom is -0.399 e. The molecule has 1 aromatic rings. The fraction of sp³-hybridized carbons (Fsp3) is 0.385. The van der Waals surface area contributed by atoms with Crippen LogP contribution in [0.15, 0.2) is 18.2 Å². The second kappa shape index (κ2) is 6.62. The minimum atomic E-state index is -0.139. The number of anilines is 2. The van der Waals surface area contributed by atoms with E-state index in [0.29, 0.717) is 29.8 Å². The molecule has 0 fully saturated rings. The normalized spacial score (nSPS) is 11.6. The molecule has 1 rings (SSSR count). The van der Waals surface area contributed by atoms with Crippen LogP contribution in [0.3, 0.4) is 0 Å². The lowest BCUT2D eigenvalue weighted by atomic mass is 10.1. The van der Waals surface area contributed by atoms with Crippen LogP contribution >= 0.6 is 0 Å². The first-order chi connectivity index (χ1) is 8.56. The summed E-state index contributed by atoms with van der Waals surface area (Å²) in [5.74, 6) is -0.139. The van der Waals surface area contributed by atoms with Crippen molar-refractivity contribution in [2.75, 3.05) is 18.2 Å². The first-order valence-corrected chi connectivity index (χ1v) is 5.69. The predicted octanol–water partition coefficient (Wildman–Crippen LogP) is 1.89. The van der Waals surface area contributed by atoms with Crippen LogP contribution in [-0.2, 0) is 9.53 Å². The zero-order chi connectivity index (χ0) is 13.5. The molecule has 1 atom stereocenters. The molecular weight excluding hydrogens is 230 g/mol. The van der Waals surface area contributed by atoms with Crippen molar-refractivity contribution >= 4 is 17.3 Å². The Morgan fingerprint density at radius 1 is 1.61 bits per heavy atom. The summed E-state index contributed by atoms with van der Waals surface area (Å²) in [4.78, 5) is 11.7. The maximum Gasteiger partial charge on any atom is 0.224 e. The van der Waals surface area contributed by atoms with Crippen LogP contribution in [0.4, 0.5) is 11.4 Å². The highest BCUT2D eigenvalue weighted by Gasteiger charge is 2.09. The Hall–Kier alpha value is -2.06. The van der Waals surface area contributed by atoms with E-state index in [9.17, 15) is 4.79 Å². The third kappa shape index (κ3) is 4.07. The molecule has 0 aliphatic heterocycles. The molecule has 5 heteroatoms. The van der Waals surface area contributed by atoms with Crippen molar-refractivity contribution in [3.8, 4) is 6.07 Å². The molecule has 0 heterocycles. The fourth-order valence-corrected chi connectivity index (χ4v) is 1.43. The highest BCUT2D eigenvalue weighted by Crippen LogP contribution is 2.18. The Morgan fingerprint density at radius 3 is 2.94 bits per heavy atom. The number of carbonyl (C=O) groups is 1. The smallest absolute Gasteiger partial charge is 0.224 e. The summed E-state index contributed by atoms with van der Waals surface area (Å²) in [6.07, 6.45) is 1.03. The summed E-state index contributed by atoms with van der Waals surface area (Å²) in [5.41, 5.74) is 6.92. The van der Waals surface area contributed by atoms with Crippen molar-refractivity contribution in [1.82, 2.24) is 0 Å². The monoisotopic (exact) mass is 247 g/mol. The average Bonchev–Trinajstić information content (AvgIpc) is 2.37. The van der Waals surface area contributed by atoms with E-state index in [0.717, 1.165) is 0 Å². The maximum absolute atomic E-state index is 11.7. The molecule has 0 aromatic heterocycles. The Balaban J connectivity index is 2.62. The van der Waals surface area contributed by atoms with Gasteiger partial charge in [-0.25, -0.2) is 0 Å². The number of carbonyl (C=O) groups excluding carboxylic acids is 1. The number of amides is 1. The van der Waals surface area contributed by atoms with Gasteiger partial charge in [0.25, 0.3) is 0 Å². The van der Waals surface area contributed by atoms with Crippen LogP contribution in [-0.4, -0.2) is 19.1 Å². The number of hydrogen-bond acceptors (Lipinski definition) is 4. The molecule has 96 valence electrons. The van der Waals surface area contributed by atoms with Gasteiger partial charge in [-0.05, 0) is 31.5 Å². The van der Waals surface area contributed by atoms with E-state index in [4.69, 9.17) is 15.7 Å². The number of nitrogen functional groups attached to an aromatic ring is 1. The van der Waals surface area contributed by atoms with E-state index in [1.54, 1.807) is 19.2 Å². The Kier molecular flexibility index (Phi) is 5.15. The lowest BCUT2D eigenvalue weighted by Gasteiger charge is -2.10. The minimum absolute atomic E-state index is 0.0394. The summed E-state index contributed by atoms with van der Waals surface area (Å²) in [7, 11) is 1.61. The number of nitrogens with zero attached hydrogens (tertiary/aromatic N) is 1. The third-order valence-corrected chi connectivity index (χ3v) is 2.62. The van der Waals surface area contributed by atoms with Crippen LogP contribution in [0.5, 0.6) is 0 Å². The van der Waals surface area contributed by atoms with E-state index >= 15 is 0 Å². The van der Waals surface area contributed by atoms with E-state index in [1.165, 1.54) is 6.07 Å². The van der Waals surface area contributed by atoms with Crippen LogP contribution in [0.25, 0.3) is 0 Å². The van der Waals surface area contributed by atoms with Crippen molar-refractivity contribution in [2.24, 2.45) is 0 Å². The average molecular weight is 247 g/mol. The number of nitriles is 1. The number of rotatable bonds is 5. The lowest BCUT2D eigenvalue weighted by Crippen LogP contribution is -2.15. The molecule has 3 N–H and O–H groups in total. The molecule has 0 radical (unpaired) electrons. The number of benzene rings is 1. The van der Waals surface area contributed by atoms with Gasteiger partial charge in [-0.1, -0.05) is 0 Å². The fourth-order valence-electron chi connectivity index (χ4n) is 1.43. The molecular formula is C13H17N3O2. The molecule has 18 heavy (non-hydrogen) atoms. The van der Waals surface area contributed by atoms with E-state index in [2.05, 4.69) is 5.32 Å². The van der Waals surface area contributed by atoms with Gasteiger partial charge in [0.05, 0.1) is 17.4 Å². The van der Waals surface area contributed by atoms with Crippen molar-refractivity contribution in [3.63, 3.8) is 0 Å². The summed E-state index contributed by atoms with van der Waals surface area (Å²) < 4.78 is 5.06. The number of hydrogen-bond donors (Lipinski definition) is 2. The van der Waals surface area contributed by atoms with Gasteiger partial charge in [-0.2, -0.15) is 5.26 Å². The van der Waals surface area contributed by atoms with Gasteiger partial charge >= 0.3 is 0 Å². The van der Waals surface area contributed by atoms with Crippen molar-refractivity contribution in [1.29, 1.82) is 5.26 Å². The highest BCUT2D eigenvalue weighted by molar-refractivity contribution is 5.92. The van der Waals surface area contributed by atoms with E-state index in [1.807, 2.05) is 13.0 Å². The van der Waals surface area contributed by atoms with E-state index < -0.39 is 0 Å². The zero-order valence-corrected chi connectivity index (χ0v) is 10.6. The SMILES string of the molecule is COC(C)CCC(=O)Nc1ccc(N)cc1C#N. The predicted molar refractivity (Wildman–Crippen MR) is 69.9 cm³/mol. The Morgan fingerprint density at radius 2 is 2.33 bits per heavy atom. The zero-order valence-electron chi connectivity index (χ0n) is 10.6. The first-order valence-electron chi connectivity index (χ1n) is 5.69. The molecule has 1 unspecified atom stereocenters. The quantitative estimate of drug-likeness (QED) is 0.778. The molecule has 0 aliphatic rings.